The highest BCUT2D eigenvalue weighted by atomic mass is 19.4. The lowest BCUT2D eigenvalue weighted by molar-refractivity contribution is -0.141. The van der Waals surface area contributed by atoms with E-state index in [1.807, 2.05) is 0 Å². The summed E-state index contributed by atoms with van der Waals surface area (Å²) in [6, 6.07) is 3.61. The lowest BCUT2D eigenvalue weighted by Crippen LogP contribution is -2.50. The summed E-state index contributed by atoms with van der Waals surface area (Å²) < 4.78 is 43.8. The van der Waals surface area contributed by atoms with Gasteiger partial charge in [-0.15, -0.1) is 0 Å². The Hall–Kier alpha value is -2.27. The molecule has 5 nitrogen and oxygen atoms in total. The van der Waals surface area contributed by atoms with E-state index in [0.717, 1.165) is 12.1 Å². The molecule has 0 spiro atoms. The summed E-state index contributed by atoms with van der Waals surface area (Å²) in [6.45, 7) is 0.294. The van der Waals surface area contributed by atoms with Crippen molar-refractivity contribution in [3.63, 3.8) is 0 Å². The van der Waals surface area contributed by atoms with Crippen molar-refractivity contribution >= 4 is 11.7 Å². The predicted molar refractivity (Wildman–Crippen MR) is 65.7 cm³/mol. The van der Waals surface area contributed by atoms with E-state index in [1.165, 1.54) is 17.0 Å². The second-order valence-corrected chi connectivity index (χ2v) is 4.46. The molecule has 8 heteroatoms. The number of hydrogen-bond donors (Lipinski definition) is 1. The van der Waals surface area contributed by atoms with Crippen LogP contribution in [0.1, 0.15) is 11.1 Å². The van der Waals surface area contributed by atoms with Gasteiger partial charge in [-0.25, -0.2) is 4.79 Å². The fraction of sp³-hybridized carbons (Fsp3) is 0.385. The number of nitrogens with zero attached hydrogens (tertiary/aromatic N) is 2. The van der Waals surface area contributed by atoms with Gasteiger partial charge in [0.15, 0.2) is 6.04 Å². The molecule has 1 aromatic carbocycles. The molecule has 0 aromatic heterocycles. The number of rotatable bonds is 2. The fourth-order valence-electron chi connectivity index (χ4n) is 2.16. The maximum Gasteiger partial charge on any atom is 0.417 e. The van der Waals surface area contributed by atoms with Crippen LogP contribution < -0.4 is 4.90 Å². The Balaban J connectivity index is 2.44. The van der Waals surface area contributed by atoms with Crippen LogP contribution in [0.5, 0.6) is 0 Å². The van der Waals surface area contributed by atoms with E-state index >= 15 is 0 Å². The number of carbonyl (C=O) groups is 1. The van der Waals surface area contributed by atoms with E-state index < -0.39 is 29.3 Å². The van der Waals surface area contributed by atoms with Gasteiger partial charge in [0, 0.05) is 12.2 Å². The minimum absolute atomic E-state index is 0.101. The van der Waals surface area contributed by atoms with Crippen molar-refractivity contribution in [2.75, 3.05) is 24.7 Å². The molecule has 1 heterocycles. The number of halogens is 3. The van der Waals surface area contributed by atoms with Crippen LogP contribution in [0, 0.1) is 11.3 Å². The zero-order chi connectivity index (χ0) is 15.6. The smallest absolute Gasteiger partial charge is 0.417 e. The van der Waals surface area contributed by atoms with Gasteiger partial charge in [0.1, 0.15) is 0 Å². The minimum atomic E-state index is -4.67. The third kappa shape index (κ3) is 3.08. The van der Waals surface area contributed by atoms with Crippen LogP contribution in [0.3, 0.4) is 0 Å². The van der Waals surface area contributed by atoms with Gasteiger partial charge >= 0.3 is 12.1 Å². The van der Waals surface area contributed by atoms with Gasteiger partial charge in [0.05, 0.1) is 30.4 Å². The standard InChI is InChI=1S/C13H11F3N2O3/c14-13(15,16)10-5-9(2-1-8(10)6-17)18-3-4-21-7-11(18)12(19)20/h1-2,5,11H,3-4,7H2,(H,19,20). The van der Waals surface area contributed by atoms with Crippen LogP contribution in [0.15, 0.2) is 18.2 Å². The van der Waals surface area contributed by atoms with E-state index in [1.54, 1.807) is 0 Å². The molecule has 1 aliphatic rings. The van der Waals surface area contributed by atoms with Crippen LogP contribution in [0.2, 0.25) is 0 Å². The van der Waals surface area contributed by atoms with Crippen molar-refractivity contribution in [1.82, 2.24) is 0 Å². The van der Waals surface area contributed by atoms with E-state index in [-0.39, 0.29) is 25.4 Å². The normalized spacial score (nSPS) is 19.1. The second kappa shape index (κ2) is 5.61. The van der Waals surface area contributed by atoms with Crippen molar-refractivity contribution in [3.8, 4) is 6.07 Å². The first-order valence-electron chi connectivity index (χ1n) is 6.03. The first-order valence-corrected chi connectivity index (χ1v) is 6.03. The number of carboxylic acids is 1. The highest BCUT2D eigenvalue weighted by molar-refractivity contribution is 5.79. The van der Waals surface area contributed by atoms with E-state index in [9.17, 15) is 18.0 Å². The maximum absolute atomic E-state index is 12.9. The summed E-state index contributed by atoms with van der Waals surface area (Å²) in [5.41, 5.74) is -1.46. The molecule has 1 N–H and O–H groups in total. The van der Waals surface area contributed by atoms with Crippen molar-refractivity contribution in [2.45, 2.75) is 12.2 Å². The molecular formula is C13H11F3N2O3. The fourth-order valence-corrected chi connectivity index (χ4v) is 2.16. The number of carboxylic acid groups (broad SMARTS) is 1. The largest absolute Gasteiger partial charge is 0.480 e. The average Bonchev–Trinajstić information content (AvgIpc) is 2.45. The predicted octanol–water partition coefficient (Wildman–Crippen LogP) is 1.87. The van der Waals surface area contributed by atoms with Gasteiger partial charge in [0.2, 0.25) is 0 Å². The van der Waals surface area contributed by atoms with Gasteiger partial charge in [-0.2, -0.15) is 18.4 Å². The number of ether oxygens (including phenoxy) is 1. The summed E-state index contributed by atoms with van der Waals surface area (Å²) in [6.07, 6.45) is -4.67. The zero-order valence-electron chi connectivity index (χ0n) is 10.7. The number of morpholine rings is 1. The Kier molecular flexibility index (Phi) is 4.04. The monoisotopic (exact) mass is 300 g/mol. The van der Waals surface area contributed by atoms with Crippen molar-refractivity contribution in [3.05, 3.63) is 29.3 Å². The molecule has 1 atom stereocenters. The highest BCUT2D eigenvalue weighted by Gasteiger charge is 2.36. The minimum Gasteiger partial charge on any atom is -0.480 e. The molecule has 0 amide bonds. The Morgan fingerprint density at radius 3 is 2.76 bits per heavy atom. The molecule has 21 heavy (non-hydrogen) atoms. The molecule has 1 aromatic rings. The van der Waals surface area contributed by atoms with Crippen LogP contribution in [-0.4, -0.2) is 36.9 Å². The molecule has 0 radical (unpaired) electrons. The number of hydrogen-bond acceptors (Lipinski definition) is 4. The van der Waals surface area contributed by atoms with E-state index in [4.69, 9.17) is 15.1 Å². The number of alkyl halides is 3. The molecular weight excluding hydrogens is 289 g/mol. The SMILES string of the molecule is N#Cc1ccc(N2CCOCC2C(=O)O)cc1C(F)(F)F. The molecule has 0 bridgehead atoms. The third-order valence-electron chi connectivity index (χ3n) is 3.17. The molecule has 0 aliphatic carbocycles. The Morgan fingerprint density at radius 1 is 1.48 bits per heavy atom. The van der Waals surface area contributed by atoms with Crippen molar-refractivity contribution in [2.24, 2.45) is 0 Å². The summed E-state index contributed by atoms with van der Waals surface area (Å²) in [4.78, 5) is 12.5. The van der Waals surface area contributed by atoms with E-state index in [0.29, 0.717) is 0 Å². The summed E-state index contributed by atoms with van der Waals surface area (Å²) in [7, 11) is 0. The summed E-state index contributed by atoms with van der Waals surface area (Å²) >= 11 is 0. The lowest BCUT2D eigenvalue weighted by Gasteiger charge is -2.35. The molecule has 112 valence electrons. The second-order valence-electron chi connectivity index (χ2n) is 4.46. The van der Waals surface area contributed by atoms with Crippen LogP contribution in [-0.2, 0) is 15.7 Å². The van der Waals surface area contributed by atoms with Crippen LogP contribution in [0.25, 0.3) is 0 Å². The highest BCUT2D eigenvalue weighted by Crippen LogP contribution is 2.35. The number of nitriles is 1. The average molecular weight is 300 g/mol. The third-order valence-corrected chi connectivity index (χ3v) is 3.17. The topological polar surface area (TPSA) is 73.6 Å². The Labute approximate surface area is 118 Å². The first-order chi connectivity index (χ1) is 9.84. The van der Waals surface area contributed by atoms with E-state index in [2.05, 4.69) is 0 Å². The van der Waals surface area contributed by atoms with Crippen LogP contribution >= 0.6 is 0 Å². The summed E-state index contributed by atoms with van der Waals surface area (Å²) in [5, 5.41) is 17.8. The van der Waals surface area contributed by atoms with Crippen molar-refractivity contribution < 1.29 is 27.8 Å². The van der Waals surface area contributed by atoms with Crippen LogP contribution in [0.4, 0.5) is 18.9 Å². The van der Waals surface area contributed by atoms with Gasteiger partial charge in [0.25, 0.3) is 0 Å². The quantitative estimate of drug-likeness (QED) is 0.902. The zero-order valence-corrected chi connectivity index (χ0v) is 10.7. The molecule has 1 aliphatic heterocycles. The Morgan fingerprint density at radius 2 is 2.19 bits per heavy atom. The lowest BCUT2D eigenvalue weighted by atomic mass is 10.1. The molecule has 1 unspecified atom stereocenters. The maximum atomic E-state index is 12.9. The molecule has 1 fully saturated rings. The Bertz CT molecular complexity index is 595. The van der Waals surface area contributed by atoms with Gasteiger partial charge < -0.3 is 14.7 Å². The van der Waals surface area contributed by atoms with Gasteiger partial charge in [-0.05, 0) is 18.2 Å². The van der Waals surface area contributed by atoms with Gasteiger partial charge in [-0.3, -0.25) is 0 Å². The number of benzene rings is 1. The molecule has 1 saturated heterocycles. The molecule has 0 saturated carbocycles. The molecule has 2 rings (SSSR count). The number of aliphatic carboxylic acids is 1. The number of anilines is 1. The van der Waals surface area contributed by atoms with Gasteiger partial charge in [-0.1, -0.05) is 0 Å². The summed E-state index contributed by atoms with van der Waals surface area (Å²) in [5.74, 6) is -1.17. The first kappa shape index (κ1) is 15.1. The van der Waals surface area contributed by atoms with Crippen molar-refractivity contribution in [1.29, 1.82) is 5.26 Å².